The Hall–Kier alpha value is -2.70. The maximum Gasteiger partial charge on any atom is 0.387 e. The van der Waals surface area contributed by atoms with Crippen LogP contribution >= 0.6 is 0 Å². The van der Waals surface area contributed by atoms with Crippen LogP contribution in [0.1, 0.15) is 10.4 Å². The van der Waals surface area contributed by atoms with Gasteiger partial charge in [-0.05, 0) is 18.2 Å². The van der Waals surface area contributed by atoms with E-state index >= 15 is 0 Å². The van der Waals surface area contributed by atoms with Gasteiger partial charge in [0.05, 0.1) is 17.4 Å². The molecule has 2 N–H and O–H groups in total. The van der Waals surface area contributed by atoms with Gasteiger partial charge < -0.3 is 15.2 Å². The third-order valence-electron chi connectivity index (χ3n) is 2.34. The van der Waals surface area contributed by atoms with Crippen molar-refractivity contribution in [1.82, 2.24) is 4.98 Å². The molecule has 1 aromatic carbocycles. The third-order valence-corrected chi connectivity index (χ3v) is 2.34. The number of para-hydroxylation sites is 2. The normalized spacial score (nSPS) is 10.3. The maximum absolute atomic E-state index is 12.2. The first-order valence-corrected chi connectivity index (χ1v) is 5.55. The second-order valence-electron chi connectivity index (χ2n) is 3.76. The van der Waals surface area contributed by atoms with Gasteiger partial charge in [0.1, 0.15) is 11.5 Å². The minimum Gasteiger partial charge on any atom is -0.506 e. The van der Waals surface area contributed by atoms with Gasteiger partial charge in [0, 0.05) is 6.20 Å². The summed E-state index contributed by atoms with van der Waals surface area (Å²) in [6.07, 6.45) is 2.41. The van der Waals surface area contributed by atoms with Gasteiger partial charge >= 0.3 is 6.61 Å². The molecule has 1 heterocycles. The number of nitrogens with one attached hydrogen (secondary N) is 1. The molecule has 0 aliphatic rings. The Morgan fingerprint density at radius 1 is 1.30 bits per heavy atom. The van der Waals surface area contributed by atoms with Gasteiger partial charge in [-0.25, -0.2) is 0 Å². The number of carbonyl (C=O) groups is 1. The quantitative estimate of drug-likeness (QED) is 0.903. The Labute approximate surface area is 112 Å². The number of aromatic nitrogens is 1. The molecular formula is C13H10F2N2O3. The number of carbonyl (C=O) groups excluding carboxylic acids is 1. The Bertz CT molecular complexity index is 620. The molecule has 0 atom stereocenters. The van der Waals surface area contributed by atoms with Gasteiger partial charge in [0.15, 0.2) is 0 Å². The zero-order valence-corrected chi connectivity index (χ0v) is 10.1. The molecule has 5 nitrogen and oxygen atoms in total. The van der Waals surface area contributed by atoms with Gasteiger partial charge in [-0.1, -0.05) is 12.1 Å². The fourth-order valence-electron chi connectivity index (χ4n) is 1.52. The topological polar surface area (TPSA) is 71.5 Å². The van der Waals surface area contributed by atoms with Crippen LogP contribution in [0.2, 0.25) is 0 Å². The number of ether oxygens (including phenoxy) is 1. The predicted octanol–water partition coefficient (Wildman–Crippen LogP) is 2.64. The van der Waals surface area contributed by atoms with Crippen molar-refractivity contribution in [1.29, 1.82) is 0 Å². The number of amides is 1. The summed E-state index contributed by atoms with van der Waals surface area (Å²) in [5, 5.41) is 11.6. The van der Waals surface area contributed by atoms with Crippen molar-refractivity contribution in [3.63, 3.8) is 0 Å². The van der Waals surface area contributed by atoms with Gasteiger partial charge in [0.25, 0.3) is 5.91 Å². The number of nitrogens with zero attached hydrogens (tertiary/aromatic N) is 1. The highest BCUT2D eigenvalue weighted by Crippen LogP contribution is 2.26. The third kappa shape index (κ3) is 3.41. The van der Waals surface area contributed by atoms with Crippen molar-refractivity contribution in [2.75, 3.05) is 5.32 Å². The van der Waals surface area contributed by atoms with E-state index in [1.165, 1.54) is 36.7 Å². The fraction of sp³-hybridized carbons (Fsp3) is 0.0769. The summed E-state index contributed by atoms with van der Waals surface area (Å²) >= 11 is 0. The lowest BCUT2D eigenvalue weighted by molar-refractivity contribution is -0.0493. The lowest BCUT2D eigenvalue weighted by Crippen LogP contribution is -2.14. The molecule has 0 aliphatic carbocycles. The second kappa shape index (κ2) is 5.96. The van der Waals surface area contributed by atoms with Gasteiger partial charge in [-0.15, -0.1) is 0 Å². The number of hydrogen-bond donors (Lipinski definition) is 2. The van der Waals surface area contributed by atoms with Crippen molar-refractivity contribution in [3.05, 3.63) is 48.3 Å². The predicted molar refractivity (Wildman–Crippen MR) is 66.9 cm³/mol. The maximum atomic E-state index is 12.2. The molecule has 104 valence electrons. The van der Waals surface area contributed by atoms with Crippen molar-refractivity contribution >= 4 is 11.6 Å². The average molecular weight is 280 g/mol. The number of aromatic hydroxyl groups is 1. The Kier molecular flexibility index (Phi) is 4.09. The Morgan fingerprint density at radius 2 is 2.05 bits per heavy atom. The molecule has 0 radical (unpaired) electrons. The van der Waals surface area contributed by atoms with Crippen LogP contribution in [0.5, 0.6) is 11.5 Å². The molecule has 7 heteroatoms. The lowest BCUT2D eigenvalue weighted by Gasteiger charge is -2.11. The second-order valence-corrected chi connectivity index (χ2v) is 3.76. The summed E-state index contributed by atoms with van der Waals surface area (Å²) in [4.78, 5) is 15.6. The molecule has 0 saturated heterocycles. The molecule has 1 aromatic heterocycles. The number of rotatable bonds is 4. The van der Waals surface area contributed by atoms with Crippen molar-refractivity contribution < 1.29 is 23.4 Å². The first kappa shape index (κ1) is 13.7. The van der Waals surface area contributed by atoms with Crippen LogP contribution in [0.25, 0.3) is 0 Å². The summed E-state index contributed by atoms with van der Waals surface area (Å²) in [7, 11) is 0. The van der Waals surface area contributed by atoms with Crippen molar-refractivity contribution in [2.45, 2.75) is 6.61 Å². The van der Waals surface area contributed by atoms with E-state index in [0.29, 0.717) is 0 Å². The van der Waals surface area contributed by atoms with E-state index in [0.717, 1.165) is 0 Å². The van der Waals surface area contributed by atoms with E-state index in [4.69, 9.17) is 0 Å². The molecule has 20 heavy (non-hydrogen) atoms. The van der Waals surface area contributed by atoms with Crippen LogP contribution in [-0.4, -0.2) is 22.6 Å². The van der Waals surface area contributed by atoms with E-state index in [2.05, 4.69) is 15.0 Å². The Morgan fingerprint density at radius 3 is 2.75 bits per heavy atom. The molecule has 2 aromatic rings. The number of alkyl halides is 2. The smallest absolute Gasteiger partial charge is 0.387 e. The van der Waals surface area contributed by atoms with Gasteiger partial charge in [-0.2, -0.15) is 8.78 Å². The molecule has 0 spiro atoms. The highest BCUT2D eigenvalue weighted by molar-refractivity contribution is 6.05. The van der Waals surface area contributed by atoms with E-state index in [1.807, 2.05) is 0 Å². The lowest BCUT2D eigenvalue weighted by atomic mass is 10.2. The van der Waals surface area contributed by atoms with E-state index < -0.39 is 12.5 Å². The van der Waals surface area contributed by atoms with Gasteiger partial charge in [0.2, 0.25) is 0 Å². The molecular weight excluding hydrogens is 270 g/mol. The average Bonchev–Trinajstić information content (AvgIpc) is 2.40. The molecule has 0 bridgehead atoms. The van der Waals surface area contributed by atoms with Crippen LogP contribution < -0.4 is 10.1 Å². The zero-order valence-electron chi connectivity index (χ0n) is 10.1. The molecule has 0 aliphatic heterocycles. The highest BCUT2D eigenvalue weighted by Gasteiger charge is 2.13. The summed E-state index contributed by atoms with van der Waals surface area (Å²) < 4.78 is 28.8. The van der Waals surface area contributed by atoms with E-state index in [-0.39, 0.29) is 22.7 Å². The van der Waals surface area contributed by atoms with Crippen LogP contribution in [0.4, 0.5) is 14.5 Å². The number of hydrogen-bond acceptors (Lipinski definition) is 4. The summed E-state index contributed by atoms with van der Waals surface area (Å²) in [5.41, 5.74) is 0.193. The minimum absolute atomic E-state index is 0.0943. The first-order chi connectivity index (χ1) is 9.56. The van der Waals surface area contributed by atoms with Crippen LogP contribution in [0.15, 0.2) is 42.7 Å². The molecule has 0 saturated carbocycles. The van der Waals surface area contributed by atoms with Crippen molar-refractivity contribution in [2.24, 2.45) is 0 Å². The molecule has 2 rings (SSSR count). The standard InChI is InChI=1S/C13H10F2N2O3/c14-13(15)20-11-4-2-1-3-10(11)17-12(19)8-5-9(18)7-16-6-8/h1-7,13,18H,(H,17,19). The number of benzene rings is 1. The summed E-state index contributed by atoms with van der Waals surface area (Å²) in [6, 6.07) is 7.01. The molecule has 0 unspecified atom stereocenters. The first-order valence-electron chi connectivity index (χ1n) is 5.55. The number of anilines is 1. The van der Waals surface area contributed by atoms with Crippen LogP contribution in [0.3, 0.4) is 0 Å². The highest BCUT2D eigenvalue weighted by atomic mass is 19.3. The zero-order chi connectivity index (χ0) is 14.5. The molecule has 0 fully saturated rings. The van der Waals surface area contributed by atoms with Crippen LogP contribution in [-0.2, 0) is 0 Å². The number of pyridine rings is 1. The van der Waals surface area contributed by atoms with Crippen molar-refractivity contribution in [3.8, 4) is 11.5 Å². The minimum atomic E-state index is -2.99. The summed E-state index contributed by atoms with van der Waals surface area (Å²) in [5.74, 6) is -0.919. The van der Waals surface area contributed by atoms with E-state index in [9.17, 15) is 18.7 Å². The fourth-order valence-corrected chi connectivity index (χ4v) is 1.52. The largest absolute Gasteiger partial charge is 0.506 e. The Balaban J connectivity index is 2.19. The number of halogens is 2. The van der Waals surface area contributed by atoms with E-state index in [1.54, 1.807) is 6.07 Å². The van der Waals surface area contributed by atoms with Crippen LogP contribution in [0, 0.1) is 0 Å². The van der Waals surface area contributed by atoms with Gasteiger partial charge in [-0.3, -0.25) is 9.78 Å². The SMILES string of the molecule is O=C(Nc1ccccc1OC(F)F)c1cncc(O)c1. The monoisotopic (exact) mass is 280 g/mol. The molecule has 1 amide bonds. The summed E-state index contributed by atoms with van der Waals surface area (Å²) in [6.45, 7) is -2.99.